The predicted molar refractivity (Wildman–Crippen MR) is 74.9 cm³/mol. The Bertz CT molecular complexity index is 574. The maximum atomic E-state index is 12.0. The summed E-state index contributed by atoms with van der Waals surface area (Å²) < 4.78 is 7.17. The molecule has 1 N–H and O–H groups in total. The molecule has 0 radical (unpaired) electrons. The second kappa shape index (κ2) is 5.88. The van der Waals surface area contributed by atoms with E-state index in [1.54, 1.807) is 16.9 Å². The molecule has 1 aromatic carbocycles. The Kier molecular flexibility index (Phi) is 3.78. The highest BCUT2D eigenvalue weighted by molar-refractivity contribution is 5.92. The van der Waals surface area contributed by atoms with E-state index in [9.17, 15) is 4.79 Å². The van der Waals surface area contributed by atoms with Gasteiger partial charge in [-0.15, -0.1) is 0 Å². The van der Waals surface area contributed by atoms with E-state index in [1.807, 2.05) is 30.3 Å². The number of hydrogen-bond donors (Lipinski definition) is 1. The minimum atomic E-state index is -0.157. The number of carbonyl (C=O) groups excluding carboxylic acids is 1. The number of carbonyl (C=O) groups is 1. The first-order valence-electron chi connectivity index (χ1n) is 6.84. The number of hydrogen-bond acceptors (Lipinski definition) is 3. The van der Waals surface area contributed by atoms with Crippen molar-refractivity contribution in [1.82, 2.24) is 15.1 Å². The van der Waals surface area contributed by atoms with E-state index in [-0.39, 0.29) is 12.0 Å². The number of aromatic nitrogens is 2. The van der Waals surface area contributed by atoms with Crippen LogP contribution < -0.4 is 5.32 Å². The van der Waals surface area contributed by atoms with Crippen LogP contribution in [0.3, 0.4) is 0 Å². The smallest absolute Gasteiger partial charge is 0.271 e. The van der Waals surface area contributed by atoms with Crippen LogP contribution >= 0.6 is 0 Å². The summed E-state index contributed by atoms with van der Waals surface area (Å²) in [7, 11) is 0. The van der Waals surface area contributed by atoms with Crippen molar-refractivity contribution in [3.05, 3.63) is 48.3 Å². The quantitative estimate of drug-likeness (QED) is 0.922. The molecule has 0 unspecified atom stereocenters. The molecule has 5 nitrogen and oxygen atoms in total. The number of ether oxygens (including phenoxy) is 1. The fourth-order valence-corrected chi connectivity index (χ4v) is 2.27. The van der Waals surface area contributed by atoms with E-state index in [1.165, 1.54) is 0 Å². The average Bonchev–Trinajstić information content (AvgIpc) is 3.17. The van der Waals surface area contributed by atoms with Crippen molar-refractivity contribution in [2.24, 2.45) is 0 Å². The molecule has 20 heavy (non-hydrogen) atoms. The van der Waals surface area contributed by atoms with Crippen molar-refractivity contribution in [3.63, 3.8) is 0 Å². The topological polar surface area (TPSA) is 56.1 Å². The third kappa shape index (κ3) is 2.88. The Morgan fingerprint density at radius 2 is 2.20 bits per heavy atom. The van der Waals surface area contributed by atoms with Crippen molar-refractivity contribution in [3.8, 4) is 5.69 Å². The Morgan fingerprint density at radius 3 is 2.95 bits per heavy atom. The van der Waals surface area contributed by atoms with Crippen LogP contribution in [-0.4, -0.2) is 34.9 Å². The SMILES string of the molecule is O=C(NC[C@H]1CCCO1)c1ccn(-c2ccccc2)n1. The molecule has 1 fully saturated rings. The van der Waals surface area contributed by atoms with Crippen LogP contribution in [0.4, 0.5) is 0 Å². The molecular weight excluding hydrogens is 254 g/mol. The maximum Gasteiger partial charge on any atom is 0.271 e. The minimum absolute atomic E-state index is 0.148. The molecule has 1 atom stereocenters. The lowest BCUT2D eigenvalue weighted by Crippen LogP contribution is -2.32. The fourth-order valence-electron chi connectivity index (χ4n) is 2.27. The van der Waals surface area contributed by atoms with Gasteiger partial charge in [-0.1, -0.05) is 18.2 Å². The zero-order valence-corrected chi connectivity index (χ0v) is 11.2. The number of para-hydroxylation sites is 1. The summed E-state index contributed by atoms with van der Waals surface area (Å²) in [5, 5.41) is 7.16. The maximum absolute atomic E-state index is 12.0. The Balaban J connectivity index is 1.62. The molecule has 0 saturated carbocycles. The van der Waals surface area contributed by atoms with Crippen LogP contribution in [0.1, 0.15) is 23.3 Å². The van der Waals surface area contributed by atoms with Crippen molar-refractivity contribution in [2.45, 2.75) is 18.9 Å². The van der Waals surface area contributed by atoms with Crippen molar-refractivity contribution in [1.29, 1.82) is 0 Å². The number of nitrogens with one attached hydrogen (secondary N) is 1. The molecule has 2 aromatic rings. The molecule has 0 bridgehead atoms. The zero-order valence-electron chi connectivity index (χ0n) is 11.2. The largest absolute Gasteiger partial charge is 0.376 e. The van der Waals surface area contributed by atoms with Crippen molar-refractivity contribution < 1.29 is 9.53 Å². The highest BCUT2D eigenvalue weighted by Gasteiger charge is 2.17. The van der Waals surface area contributed by atoms with Gasteiger partial charge in [0.1, 0.15) is 0 Å². The molecule has 1 aliphatic rings. The number of benzene rings is 1. The van der Waals surface area contributed by atoms with Gasteiger partial charge in [-0.25, -0.2) is 4.68 Å². The molecule has 2 heterocycles. The second-order valence-corrected chi connectivity index (χ2v) is 4.83. The second-order valence-electron chi connectivity index (χ2n) is 4.83. The van der Waals surface area contributed by atoms with E-state index in [0.717, 1.165) is 25.1 Å². The monoisotopic (exact) mass is 271 g/mol. The normalized spacial score (nSPS) is 18.1. The van der Waals surface area contributed by atoms with E-state index < -0.39 is 0 Å². The molecule has 1 aromatic heterocycles. The number of nitrogens with zero attached hydrogens (tertiary/aromatic N) is 2. The van der Waals surface area contributed by atoms with Crippen LogP contribution in [0.15, 0.2) is 42.6 Å². The lowest BCUT2D eigenvalue weighted by molar-refractivity contribution is 0.0853. The van der Waals surface area contributed by atoms with Crippen LogP contribution in [0, 0.1) is 0 Å². The summed E-state index contributed by atoms with van der Waals surface area (Å²) in [6.45, 7) is 1.35. The van der Waals surface area contributed by atoms with Gasteiger partial charge in [0.2, 0.25) is 0 Å². The first-order valence-corrected chi connectivity index (χ1v) is 6.84. The van der Waals surface area contributed by atoms with Gasteiger partial charge < -0.3 is 10.1 Å². The lowest BCUT2D eigenvalue weighted by atomic mass is 10.2. The molecule has 0 aliphatic carbocycles. The number of rotatable bonds is 4. The van der Waals surface area contributed by atoms with Crippen molar-refractivity contribution >= 4 is 5.91 Å². The third-order valence-corrected chi connectivity index (χ3v) is 3.36. The lowest BCUT2D eigenvalue weighted by Gasteiger charge is -2.09. The standard InChI is InChI=1S/C15H17N3O2/c19-15(16-11-13-7-4-10-20-13)14-8-9-18(17-14)12-5-2-1-3-6-12/h1-3,5-6,8-9,13H,4,7,10-11H2,(H,16,19)/t13-/m1/s1. The molecular formula is C15H17N3O2. The Labute approximate surface area is 117 Å². The predicted octanol–water partition coefficient (Wildman–Crippen LogP) is 1.78. The van der Waals surface area contributed by atoms with Crippen LogP contribution in [0.5, 0.6) is 0 Å². The van der Waals surface area contributed by atoms with Crippen LogP contribution in [0.2, 0.25) is 0 Å². The Morgan fingerprint density at radius 1 is 1.35 bits per heavy atom. The first kappa shape index (κ1) is 12.9. The highest BCUT2D eigenvalue weighted by Crippen LogP contribution is 2.11. The highest BCUT2D eigenvalue weighted by atomic mass is 16.5. The van der Waals surface area contributed by atoms with E-state index in [4.69, 9.17) is 4.74 Å². The van der Waals surface area contributed by atoms with Crippen molar-refractivity contribution in [2.75, 3.05) is 13.2 Å². The fraction of sp³-hybridized carbons (Fsp3) is 0.333. The summed E-state index contributed by atoms with van der Waals surface area (Å²) in [4.78, 5) is 12.0. The molecule has 1 saturated heterocycles. The third-order valence-electron chi connectivity index (χ3n) is 3.36. The van der Waals surface area contributed by atoms with Gasteiger partial charge in [0.05, 0.1) is 11.8 Å². The molecule has 3 rings (SSSR count). The van der Waals surface area contributed by atoms with E-state index in [2.05, 4.69) is 10.4 Å². The molecule has 5 heteroatoms. The number of amides is 1. The first-order chi connectivity index (χ1) is 9.83. The van der Waals surface area contributed by atoms with E-state index >= 15 is 0 Å². The zero-order chi connectivity index (χ0) is 13.8. The van der Waals surface area contributed by atoms with Gasteiger partial charge in [-0.2, -0.15) is 5.10 Å². The molecule has 0 spiro atoms. The van der Waals surface area contributed by atoms with E-state index in [0.29, 0.717) is 12.2 Å². The van der Waals surface area contributed by atoms with Gasteiger partial charge in [0, 0.05) is 19.3 Å². The summed E-state index contributed by atoms with van der Waals surface area (Å²) in [5.74, 6) is -0.157. The van der Waals surface area contributed by atoms with Gasteiger partial charge in [0.15, 0.2) is 5.69 Å². The van der Waals surface area contributed by atoms with Gasteiger partial charge in [-0.3, -0.25) is 4.79 Å². The van der Waals surface area contributed by atoms with Crippen LogP contribution in [-0.2, 0) is 4.74 Å². The van der Waals surface area contributed by atoms with Gasteiger partial charge in [0.25, 0.3) is 5.91 Å². The van der Waals surface area contributed by atoms with Gasteiger partial charge >= 0.3 is 0 Å². The molecule has 1 aliphatic heterocycles. The summed E-state index contributed by atoms with van der Waals surface area (Å²) >= 11 is 0. The molecule has 1 amide bonds. The van der Waals surface area contributed by atoms with Crippen LogP contribution in [0.25, 0.3) is 5.69 Å². The summed E-state index contributed by atoms with van der Waals surface area (Å²) in [6.07, 6.45) is 4.02. The Hall–Kier alpha value is -2.14. The summed E-state index contributed by atoms with van der Waals surface area (Å²) in [6, 6.07) is 11.4. The van der Waals surface area contributed by atoms with Gasteiger partial charge in [-0.05, 0) is 31.0 Å². The molecule has 104 valence electrons. The average molecular weight is 271 g/mol. The minimum Gasteiger partial charge on any atom is -0.376 e. The summed E-state index contributed by atoms with van der Waals surface area (Å²) in [5.41, 5.74) is 1.36.